The molecule has 0 amide bonds. The van der Waals surface area contributed by atoms with E-state index in [4.69, 9.17) is 4.74 Å². The third-order valence-corrected chi connectivity index (χ3v) is 4.04. The van der Waals surface area contributed by atoms with E-state index in [0.717, 1.165) is 31.5 Å². The summed E-state index contributed by atoms with van der Waals surface area (Å²) in [4.78, 5) is 2.26. The van der Waals surface area contributed by atoms with Gasteiger partial charge in [0.15, 0.2) is 6.29 Å². The fraction of sp³-hybridized carbons (Fsp3) is 0.571. The van der Waals surface area contributed by atoms with Gasteiger partial charge >= 0.3 is 0 Å². The zero-order chi connectivity index (χ0) is 12.0. The average Bonchev–Trinajstić information content (AvgIpc) is 2.82. The molecule has 0 bridgehead atoms. The minimum Gasteiger partial charge on any atom is -0.364 e. The Hall–Kier alpha value is -0.900. The molecule has 2 unspecified atom stereocenters. The number of hydrogen-bond donors (Lipinski definition) is 1. The largest absolute Gasteiger partial charge is 0.364 e. The van der Waals surface area contributed by atoms with Crippen LogP contribution in [0.3, 0.4) is 0 Å². The van der Waals surface area contributed by atoms with Crippen molar-refractivity contribution in [3.05, 3.63) is 34.9 Å². The first-order valence-electron chi connectivity index (χ1n) is 6.32. The van der Waals surface area contributed by atoms with Crippen molar-refractivity contribution in [2.75, 3.05) is 20.1 Å². The highest BCUT2D eigenvalue weighted by atomic mass is 16.6. The van der Waals surface area contributed by atoms with Crippen LogP contribution in [-0.2, 0) is 16.8 Å². The van der Waals surface area contributed by atoms with Gasteiger partial charge in [0.1, 0.15) is 5.60 Å². The number of aliphatic hydroxyl groups is 1. The van der Waals surface area contributed by atoms with Crippen molar-refractivity contribution in [2.45, 2.75) is 31.7 Å². The lowest BCUT2D eigenvalue weighted by molar-refractivity contribution is -0.166. The van der Waals surface area contributed by atoms with Crippen molar-refractivity contribution in [3.8, 4) is 0 Å². The number of nitrogens with zero attached hydrogens (tertiary/aromatic N) is 1. The Morgan fingerprint density at radius 2 is 2.35 bits per heavy atom. The van der Waals surface area contributed by atoms with Crippen LogP contribution < -0.4 is 0 Å². The second kappa shape index (κ2) is 3.80. The van der Waals surface area contributed by atoms with Gasteiger partial charge in [-0.15, -0.1) is 0 Å². The molecule has 3 nitrogen and oxygen atoms in total. The molecule has 0 aromatic heterocycles. The molecule has 2 atom stereocenters. The summed E-state index contributed by atoms with van der Waals surface area (Å²) >= 11 is 0. The van der Waals surface area contributed by atoms with Crippen LogP contribution in [0.15, 0.2) is 18.2 Å². The maximum absolute atomic E-state index is 10.0. The van der Waals surface area contributed by atoms with Gasteiger partial charge in [-0.05, 0) is 31.0 Å². The number of fused-ring (bicyclic) bond motifs is 2. The summed E-state index contributed by atoms with van der Waals surface area (Å²) in [5, 5.41) is 10.0. The van der Waals surface area contributed by atoms with Crippen LogP contribution >= 0.6 is 0 Å². The van der Waals surface area contributed by atoms with Crippen LogP contribution in [0.4, 0.5) is 0 Å². The second-order valence-electron chi connectivity index (χ2n) is 5.23. The Kier molecular flexibility index (Phi) is 2.51. The first kappa shape index (κ1) is 11.2. The predicted octanol–water partition coefficient (Wildman–Crippen LogP) is 1.80. The van der Waals surface area contributed by atoms with Gasteiger partial charge in [-0.3, -0.25) is 0 Å². The summed E-state index contributed by atoms with van der Waals surface area (Å²) in [6.07, 6.45) is 1.25. The van der Waals surface area contributed by atoms with Gasteiger partial charge in [-0.25, -0.2) is 0 Å². The number of hydrogen-bond acceptors (Lipinski definition) is 3. The van der Waals surface area contributed by atoms with E-state index in [1.165, 1.54) is 11.1 Å². The number of aryl methyl sites for hydroxylation is 1. The van der Waals surface area contributed by atoms with E-state index in [0.29, 0.717) is 0 Å². The Bertz CT molecular complexity index is 446. The van der Waals surface area contributed by atoms with Crippen molar-refractivity contribution in [1.29, 1.82) is 0 Å². The summed E-state index contributed by atoms with van der Waals surface area (Å²) in [5.74, 6) is 0. The molecule has 0 aliphatic carbocycles. The van der Waals surface area contributed by atoms with Gasteiger partial charge in [0, 0.05) is 18.7 Å². The Morgan fingerprint density at radius 3 is 3.00 bits per heavy atom. The van der Waals surface area contributed by atoms with Crippen LogP contribution in [0, 0.1) is 0 Å². The van der Waals surface area contributed by atoms with Crippen molar-refractivity contribution >= 4 is 0 Å². The van der Waals surface area contributed by atoms with Crippen LogP contribution in [0.2, 0.25) is 0 Å². The highest BCUT2D eigenvalue weighted by Crippen LogP contribution is 2.47. The zero-order valence-corrected chi connectivity index (χ0v) is 10.4. The van der Waals surface area contributed by atoms with Gasteiger partial charge in [-0.1, -0.05) is 25.1 Å². The summed E-state index contributed by atoms with van der Waals surface area (Å²) in [5.41, 5.74) is 3.20. The molecule has 3 heteroatoms. The third-order valence-electron chi connectivity index (χ3n) is 4.04. The monoisotopic (exact) mass is 233 g/mol. The lowest BCUT2D eigenvalue weighted by Gasteiger charge is -2.24. The minimum absolute atomic E-state index is 0.269. The SMILES string of the molecule is CCc1ccc2c(c1)C1(CCN(C)C1)OC2O. The molecule has 2 aliphatic rings. The molecule has 92 valence electrons. The molecular formula is C14H19NO2. The van der Waals surface area contributed by atoms with E-state index in [1.807, 2.05) is 6.07 Å². The maximum atomic E-state index is 10.0. The quantitative estimate of drug-likeness (QED) is 0.803. The number of likely N-dealkylation sites (tertiary alicyclic amines) is 1. The highest BCUT2D eigenvalue weighted by Gasteiger charge is 2.48. The summed E-state index contributed by atoms with van der Waals surface area (Å²) < 4.78 is 5.86. The van der Waals surface area contributed by atoms with E-state index in [1.54, 1.807) is 0 Å². The second-order valence-corrected chi connectivity index (χ2v) is 5.23. The zero-order valence-electron chi connectivity index (χ0n) is 10.4. The molecule has 2 heterocycles. The van der Waals surface area contributed by atoms with Crippen molar-refractivity contribution in [2.24, 2.45) is 0 Å². The Balaban J connectivity index is 2.08. The average molecular weight is 233 g/mol. The van der Waals surface area contributed by atoms with Gasteiger partial charge in [0.05, 0.1) is 0 Å². The molecular weight excluding hydrogens is 214 g/mol. The highest BCUT2D eigenvalue weighted by molar-refractivity contribution is 5.41. The molecule has 1 aromatic rings. The summed E-state index contributed by atoms with van der Waals surface area (Å²) in [6, 6.07) is 6.32. The molecule has 2 aliphatic heterocycles. The molecule has 17 heavy (non-hydrogen) atoms. The standard InChI is InChI=1S/C14H19NO2/c1-3-10-4-5-11-12(8-10)14(17-13(11)16)6-7-15(2)9-14/h4-5,8,13,16H,3,6-7,9H2,1-2H3. The number of rotatable bonds is 1. The lowest BCUT2D eigenvalue weighted by Crippen LogP contribution is -2.29. The molecule has 1 spiro atoms. The number of likely N-dealkylation sites (N-methyl/N-ethyl adjacent to an activating group) is 1. The van der Waals surface area contributed by atoms with Crippen LogP contribution in [-0.4, -0.2) is 30.1 Å². The van der Waals surface area contributed by atoms with Crippen molar-refractivity contribution in [1.82, 2.24) is 4.90 Å². The van der Waals surface area contributed by atoms with Crippen LogP contribution in [0.5, 0.6) is 0 Å². The summed E-state index contributed by atoms with van der Waals surface area (Å²) in [7, 11) is 2.10. The molecule has 1 fully saturated rings. The maximum Gasteiger partial charge on any atom is 0.182 e. The Labute approximate surface area is 102 Å². The molecule has 0 radical (unpaired) electrons. The number of benzene rings is 1. The molecule has 0 saturated carbocycles. The fourth-order valence-corrected chi connectivity index (χ4v) is 3.06. The van der Waals surface area contributed by atoms with E-state index in [2.05, 4.69) is 31.0 Å². The molecule has 1 aromatic carbocycles. The fourth-order valence-electron chi connectivity index (χ4n) is 3.06. The van der Waals surface area contributed by atoms with Crippen molar-refractivity contribution in [3.63, 3.8) is 0 Å². The third kappa shape index (κ3) is 1.61. The number of ether oxygens (including phenoxy) is 1. The Morgan fingerprint density at radius 1 is 1.53 bits per heavy atom. The van der Waals surface area contributed by atoms with E-state index in [9.17, 15) is 5.11 Å². The smallest absolute Gasteiger partial charge is 0.182 e. The van der Waals surface area contributed by atoms with Crippen molar-refractivity contribution < 1.29 is 9.84 Å². The van der Waals surface area contributed by atoms with E-state index in [-0.39, 0.29) is 5.60 Å². The van der Waals surface area contributed by atoms with E-state index < -0.39 is 6.29 Å². The van der Waals surface area contributed by atoms with Gasteiger partial charge < -0.3 is 14.7 Å². The van der Waals surface area contributed by atoms with Gasteiger partial charge in [0.2, 0.25) is 0 Å². The summed E-state index contributed by atoms with van der Waals surface area (Å²) in [6.45, 7) is 4.06. The normalized spacial score (nSPS) is 32.3. The topological polar surface area (TPSA) is 32.7 Å². The first-order chi connectivity index (χ1) is 8.14. The first-order valence-corrected chi connectivity index (χ1v) is 6.32. The minimum atomic E-state index is -0.748. The van der Waals surface area contributed by atoms with Gasteiger partial charge in [-0.2, -0.15) is 0 Å². The van der Waals surface area contributed by atoms with Gasteiger partial charge in [0.25, 0.3) is 0 Å². The van der Waals surface area contributed by atoms with Crippen LogP contribution in [0.1, 0.15) is 36.3 Å². The molecule has 3 rings (SSSR count). The molecule has 1 N–H and O–H groups in total. The van der Waals surface area contributed by atoms with Crippen LogP contribution in [0.25, 0.3) is 0 Å². The predicted molar refractivity (Wildman–Crippen MR) is 65.7 cm³/mol. The van der Waals surface area contributed by atoms with E-state index >= 15 is 0 Å². The lowest BCUT2D eigenvalue weighted by atomic mass is 9.89. The number of aliphatic hydroxyl groups excluding tert-OH is 1. The molecule has 1 saturated heterocycles.